The van der Waals surface area contributed by atoms with Crippen LogP contribution < -0.4 is 16.4 Å². The highest BCUT2D eigenvalue weighted by atomic mass is 79.9. The second kappa shape index (κ2) is 7.56. The lowest BCUT2D eigenvalue weighted by atomic mass is 10.1. The molecule has 0 atom stereocenters. The summed E-state index contributed by atoms with van der Waals surface area (Å²) in [5.74, 6) is -0.551. The fraction of sp³-hybridized carbons (Fsp3) is 0.125. The topological polar surface area (TPSA) is 84.2 Å². The van der Waals surface area contributed by atoms with Gasteiger partial charge in [0.15, 0.2) is 0 Å². The number of carbonyl (C=O) groups is 2. The maximum absolute atomic E-state index is 12.9. The summed E-state index contributed by atoms with van der Waals surface area (Å²) in [6.45, 7) is 0.207. The van der Waals surface area contributed by atoms with Crippen LogP contribution in [0.15, 0.2) is 46.9 Å². The Labute approximate surface area is 149 Å². The molecule has 9 heteroatoms. The Hall–Kier alpha value is -2.55. The van der Waals surface area contributed by atoms with Crippen molar-refractivity contribution in [3.63, 3.8) is 0 Å². The number of carbonyl (C=O) groups excluding carboxylic acids is 2. The molecule has 0 aliphatic carbocycles. The van der Waals surface area contributed by atoms with E-state index < -0.39 is 23.7 Å². The molecule has 25 heavy (non-hydrogen) atoms. The van der Waals surface area contributed by atoms with Crippen LogP contribution in [0.2, 0.25) is 0 Å². The number of alkyl halides is 3. The summed E-state index contributed by atoms with van der Waals surface area (Å²) in [6, 6.07) is 8.97. The van der Waals surface area contributed by atoms with Crippen LogP contribution in [0.1, 0.15) is 21.5 Å². The van der Waals surface area contributed by atoms with Gasteiger partial charge in [0.1, 0.15) is 0 Å². The van der Waals surface area contributed by atoms with Crippen LogP contribution in [0, 0.1) is 0 Å². The monoisotopic (exact) mass is 415 g/mol. The van der Waals surface area contributed by atoms with Crippen molar-refractivity contribution in [1.29, 1.82) is 0 Å². The van der Waals surface area contributed by atoms with E-state index >= 15 is 0 Å². The SMILES string of the molecule is NC(=O)NCc1ccc(C(=O)Nc2ccc(Br)c(C(F)(F)F)c2)cc1. The Morgan fingerprint density at radius 2 is 1.72 bits per heavy atom. The fourth-order valence-electron chi connectivity index (χ4n) is 1.99. The van der Waals surface area contributed by atoms with E-state index in [1.54, 1.807) is 12.1 Å². The van der Waals surface area contributed by atoms with Gasteiger partial charge in [-0.3, -0.25) is 4.79 Å². The number of anilines is 1. The van der Waals surface area contributed by atoms with Crippen molar-refractivity contribution in [2.24, 2.45) is 5.73 Å². The normalized spacial score (nSPS) is 11.0. The van der Waals surface area contributed by atoms with Crippen LogP contribution in [-0.2, 0) is 12.7 Å². The molecule has 2 aromatic carbocycles. The maximum atomic E-state index is 12.9. The van der Waals surface area contributed by atoms with Gasteiger partial charge in [-0.05, 0) is 35.9 Å². The molecule has 0 heterocycles. The molecule has 2 aromatic rings. The third-order valence-electron chi connectivity index (χ3n) is 3.21. The minimum atomic E-state index is -4.53. The summed E-state index contributed by atoms with van der Waals surface area (Å²) >= 11 is 2.84. The second-order valence-corrected chi connectivity index (χ2v) is 5.92. The third-order valence-corrected chi connectivity index (χ3v) is 3.90. The molecule has 0 radical (unpaired) electrons. The number of rotatable bonds is 4. The van der Waals surface area contributed by atoms with E-state index in [2.05, 4.69) is 26.6 Å². The Morgan fingerprint density at radius 3 is 2.28 bits per heavy atom. The molecule has 0 aliphatic rings. The van der Waals surface area contributed by atoms with Gasteiger partial charge in [-0.15, -0.1) is 0 Å². The highest BCUT2D eigenvalue weighted by Crippen LogP contribution is 2.36. The van der Waals surface area contributed by atoms with Gasteiger partial charge in [0.2, 0.25) is 0 Å². The van der Waals surface area contributed by atoms with E-state index in [-0.39, 0.29) is 22.3 Å². The number of hydrogen-bond acceptors (Lipinski definition) is 2. The van der Waals surface area contributed by atoms with Crippen molar-refractivity contribution >= 4 is 33.6 Å². The van der Waals surface area contributed by atoms with Crippen molar-refractivity contribution in [3.8, 4) is 0 Å². The number of amides is 3. The molecule has 0 aromatic heterocycles. The van der Waals surface area contributed by atoms with Crippen LogP contribution in [-0.4, -0.2) is 11.9 Å². The first kappa shape index (κ1) is 18.8. The molecule has 0 spiro atoms. The summed E-state index contributed by atoms with van der Waals surface area (Å²) in [6.07, 6.45) is -4.53. The van der Waals surface area contributed by atoms with Crippen LogP contribution in [0.4, 0.5) is 23.7 Å². The summed E-state index contributed by atoms with van der Waals surface area (Å²) in [5, 5.41) is 4.82. The molecular formula is C16H13BrF3N3O2. The molecule has 5 nitrogen and oxygen atoms in total. The maximum Gasteiger partial charge on any atom is 0.417 e. The summed E-state index contributed by atoms with van der Waals surface area (Å²) < 4.78 is 38.5. The van der Waals surface area contributed by atoms with E-state index in [0.717, 1.165) is 11.6 Å². The highest BCUT2D eigenvalue weighted by Gasteiger charge is 2.33. The zero-order valence-electron chi connectivity index (χ0n) is 12.7. The number of hydrogen-bond donors (Lipinski definition) is 3. The number of nitrogens with two attached hydrogens (primary N) is 1. The first-order chi connectivity index (χ1) is 11.7. The minimum absolute atomic E-state index is 0.0278. The molecule has 0 unspecified atom stereocenters. The van der Waals surface area contributed by atoms with E-state index in [1.165, 1.54) is 24.3 Å². The smallest absolute Gasteiger partial charge is 0.352 e. The van der Waals surface area contributed by atoms with E-state index in [0.29, 0.717) is 0 Å². The zero-order valence-corrected chi connectivity index (χ0v) is 14.2. The molecule has 132 valence electrons. The molecular weight excluding hydrogens is 403 g/mol. The summed E-state index contributed by atoms with van der Waals surface area (Å²) in [5.41, 5.74) is 5.10. The van der Waals surface area contributed by atoms with Crippen LogP contribution in [0.25, 0.3) is 0 Å². The number of nitrogens with one attached hydrogen (secondary N) is 2. The number of benzene rings is 2. The van der Waals surface area contributed by atoms with Crippen LogP contribution in [0.5, 0.6) is 0 Å². The molecule has 0 aliphatic heterocycles. The van der Waals surface area contributed by atoms with Crippen molar-refractivity contribution in [1.82, 2.24) is 5.32 Å². The molecule has 0 bridgehead atoms. The summed E-state index contributed by atoms with van der Waals surface area (Å²) in [4.78, 5) is 22.8. The Balaban J connectivity index is 2.10. The van der Waals surface area contributed by atoms with Gasteiger partial charge in [0.25, 0.3) is 5.91 Å². The van der Waals surface area contributed by atoms with Gasteiger partial charge < -0.3 is 16.4 Å². The van der Waals surface area contributed by atoms with Gasteiger partial charge in [-0.1, -0.05) is 28.1 Å². The average molecular weight is 416 g/mol. The largest absolute Gasteiger partial charge is 0.417 e. The molecule has 0 saturated carbocycles. The third kappa shape index (κ3) is 5.21. The Kier molecular flexibility index (Phi) is 5.68. The second-order valence-electron chi connectivity index (χ2n) is 5.06. The van der Waals surface area contributed by atoms with E-state index in [1.807, 2.05) is 0 Å². The zero-order chi connectivity index (χ0) is 18.6. The molecule has 0 saturated heterocycles. The van der Waals surface area contributed by atoms with Crippen molar-refractivity contribution in [2.75, 3.05) is 5.32 Å². The van der Waals surface area contributed by atoms with Gasteiger partial charge >= 0.3 is 12.2 Å². The van der Waals surface area contributed by atoms with Gasteiger partial charge in [0.05, 0.1) is 5.56 Å². The van der Waals surface area contributed by atoms with Crippen LogP contribution >= 0.6 is 15.9 Å². The van der Waals surface area contributed by atoms with Crippen LogP contribution in [0.3, 0.4) is 0 Å². The first-order valence-corrected chi connectivity index (χ1v) is 7.76. The Bertz CT molecular complexity index is 792. The molecule has 0 fully saturated rings. The van der Waals surface area contributed by atoms with E-state index in [9.17, 15) is 22.8 Å². The lowest BCUT2D eigenvalue weighted by Crippen LogP contribution is -2.28. The highest BCUT2D eigenvalue weighted by molar-refractivity contribution is 9.10. The standard InChI is InChI=1S/C16H13BrF3N3O2/c17-13-6-5-11(7-12(13)16(18,19)20)23-14(24)10-3-1-9(2-4-10)8-22-15(21)25/h1-7H,8H2,(H,23,24)(H3,21,22,25). The predicted molar refractivity (Wildman–Crippen MR) is 90.0 cm³/mol. The molecule has 3 amide bonds. The summed E-state index contributed by atoms with van der Waals surface area (Å²) in [7, 11) is 0. The van der Waals surface area contributed by atoms with E-state index in [4.69, 9.17) is 5.73 Å². The number of urea groups is 1. The van der Waals surface area contributed by atoms with Gasteiger partial charge in [-0.25, -0.2) is 4.79 Å². The van der Waals surface area contributed by atoms with Crippen molar-refractivity contribution < 1.29 is 22.8 Å². The quantitative estimate of drug-likeness (QED) is 0.707. The molecule has 2 rings (SSSR count). The van der Waals surface area contributed by atoms with Gasteiger partial charge in [-0.2, -0.15) is 13.2 Å². The predicted octanol–water partition coefficient (Wildman–Crippen LogP) is 3.89. The number of primary amides is 1. The number of halogens is 4. The minimum Gasteiger partial charge on any atom is -0.352 e. The van der Waals surface area contributed by atoms with Crippen molar-refractivity contribution in [2.45, 2.75) is 12.7 Å². The average Bonchev–Trinajstić information content (AvgIpc) is 2.54. The lowest BCUT2D eigenvalue weighted by Gasteiger charge is -2.12. The fourth-order valence-corrected chi connectivity index (χ4v) is 2.46. The van der Waals surface area contributed by atoms with Crippen molar-refractivity contribution in [3.05, 3.63) is 63.6 Å². The first-order valence-electron chi connectivity index (χ1n) is 6.97. The van der Waals surface area contributed by atoms with Gasteiger partial charge in [0, 0.05) is 22.3 Å². The Morgan fingerprint density at radius 1 is 1.08 bits per heavy atom. The molecule has 4 N–H and O–H groups in total. The lowest BCUT2D eigenvalue weighted by molar-refractivity contribution is -0.138.